The van der Waals surface area contributed by atoms with Gasteiger partial charge in [0.25, 0.3) is 0 Å². The second-order valence-corrected chi connectivity index (χ2v) is 7.23. The molecule has 0 atom stereocenters. The van der Waals surface area contributed by atoms with Crippen LogP contribution in [0, 0.1) is 13.8 Å². The fourth-order valence-electron chi connectivity index (χ4n) is 3.76. The van der Waals surface area contributed by atoms with E-state index in [1.807, 2.05) is 12.1 Å². The van der Waals surface area contributed by atoms with Gasteiger partial charge in [-0.3, -0.25) is 4.79 Å². The Balaban J connectivity index is 1.66. The average molecular weight is 370 g/mol. The summed E-state index contributed by atoms with van der Waals surface area (Å²) in [7, 11) is 0. The lowest BCUT2D eigenvalue weighted by Gasteiger charge is -2.07. The largest absolute Gasteiger partial charge is 0.456 e. The van der Waals surface area contributed by atoms with E-state index in [0.29, 0.717) is 29.0 Å². The minimum Gasteiger partial charge on any atom is -0.456 e. The number of hydrogen-bond acceptors (Lipinski definition) is 5. The Hall–Kier alpha value is -3.54. The molecule has 0 saturated heterocycles. The highest BCUT2D eigenvalue weighted by Gasteiger charge is 2.24. The van der Waals surface area contributed by atoms with Gasteiger partial charge in [0.2, 0.25) is 0 Å². The van der Waals surface area contributed by atoms with Crippen molar-refractivity contribution in [2.45, 2.75) is 26.7 Å². The normalized spacial score (nSPS) is 14.7. The molecule has 0 saturated carbocycles. The number of hydrogen-bond donors (Lipinski definition) is 1. The molecule has 138 valence electrons. The van der Waals surface area contributed by atoms with Crippen molar-refractivity contribution < 1.29 is 4.42 Å². The van der Waals surface area contributed by atoms with Crippen molar-refractivity contribution in [2.24, 2.45) is 0 Å². The standard InChI is InChI=1S/C22H18N4O2/c1-12-3-4-13(2)16(9-12)10-14-5-7-17-20(27)18-11-15(22-23-25-26-24-22)6-8-19(18)28-21(14)17/h3-4,6,8-11H,5,7H2,1-2H3,(H,23,24,25,26). The van der Waals surface area contributed by atoms with E-state index >= 15 is 0 Å². The predicted molar refractivity (Wildman–Crippen MR) is 108 cm³/mol. The predicted octanol–water partition coefficient (Wildman–Crippen LogP) is 4.08. The van der Waals surface area contributed by atoms with E-state index in [-0.39, 0.29) is 5.43 Å². The summed E-state index contributed by atoms with van der Waals surface area (Å²) in [6.45, 7) is 4.18. The van der Waals surface area contributed by atoms with Gasteiger partial charge < -0.3 is 4.42 Å². The molecule has 0 amide bonds. The molecule has 4 aromatic rings. The number of H-pyrrole nitrogens is 1. The summed E-state index contributed by atoms with van der Waals surface area (Å²) in [5, 5.41) is 14.4. The van der Waals surface area contributed by atoms with Gasteiger partial charge in [0.05, 0.1) is 5.39 Å². The summed E-state index contributed by atoms with van der Waals surface area (Å²) in [6, 6.07) is 11.8. The van der Waals surface area contributed by atoms with Crippen LogP contribution in [-0.4, -0.2) is 20.6 Å². The van der Waals surface area contributed by atoms with Gasteiger partial charge in [-0.2, -0.15) is 0 Å². The molecule has 6 nitrogen and oxygen atoms in total. The molecule has 0 spiro atoms. The van der Waals surface area contributed by atoms with Gasteiger partial charge in [-0.25, -0.2) is 5.10 Å². The van der Waals surface area contributed by atoms with Crippen LogP contribution in [0.3, 0.4) is 0 Å². The van der Waals surface area contributed by atoms with Crippen LogP contribution >= 0.6 is 0 Å². The third kappa shape index (κ3) is 2.65. The molecular weight excluding hydrogens is 352 g/mol. The summed E-state index contributed by atoms with van der Waals surface area (Å²) in [5.74, 6) is 1.24. The molecule has 28 heavy (non-hydrogen) atoms. The first kappa shape index (κ1) is 16.6. The van der Waals surface area contributed by atoms with Crippen LogP contribution in [0.15, 0.2) is 45.6 Å². The smallest absolute Gasteiger partial charge is 0.196 e. The summed E-state index contributed by atoms with van der Waals surface area (Å²) in [5.41, 5.74) is 6.77. The highest BCUT2D eigenvalue weighted by Crippen LogP contribution is 2.35. The molecule has 0 radical (unpaired) electrons. The molecule has 1 aliphatic rings. The zero-order valence-electron chi connectivity index (χ0n) is 15.6. The Bertz CT molecular complexity index is 1300. The van der Waals surface area contributed by atoms with E-state index in [0.717, 1.165) is 23.1 Å². The first-order chi connectivity index (χ1) is 13.6. The van der Waals surface area contributed by atoms with Crippen LogP contribution in [0.25, 0.3) is 34.0 Å². The van der Waals surface area contributed by atoms with Gasteiger partial charge in [0.15, 0.2) is 11.3 Å². The highest BCUT2D eigenvalue weighted by atomic mass is 16.3. The van der Waals surface area contributed by atoms with Crippen LogP contribution in [0.2, 0.25) is 0 Å². The number of nitrogens with zero attached hydrogens (tertiary/aromatic N) is 3. The Morgan fingerprint density at radius 1 is 1.11 bits per heavy atom. The Labute approximate surface area is 160 Å². The molecule has 1 N–H and O–H groups in total. The van der Waals surface area contributed by atoms with Crippen molar-refractivity contribution in [1.29, 1.82) is 0 Å². The third-order valence-electron chi connectivity index (χ3n) is 5.30. The Kier molecular flexibility index (Phi) is 3.72. The van der Waals surface area contributed by atoms with Gasteiger partial charge in [-0.05, 0) is 78.1 Å². The third-order valence-corrected chi connectivity index (χ3v) is 5.30. The van der Waals surface area contributed by atoms with E-state index in [1.54, 1.807) is 6.07 Å². The van der Waals surface area contributed by atoms with Crippen LogP contribution in [-0.2, 0) is 6.42 Å². The quantitative estimate of drug-likeness (QED) is 0.575. The average Bonchev–Trinajstić information content (AvgIpc) is 3.36. The maximum atomic E-state index is 13.1. The number of tetrazole rings is 1. The monoisotopic (exact) mass is 370 g/mol. The summed E-state index contributed by atoms with van der Waals surface area (Å²) >= 11 is 0. The summed E-state index contributed by atoms with van der Waals surface area (Å²) in [6.07, 6.45) is 3.65. The van der Waals surface area contributed by atoms with Crippen molar-refractivity contribution in [3.8, 4) is 11.4 Å². The Morgan fingerprint density at radius 2 is 2.00 bits per heavy atom. The molecule has 5 rings (SSSR count). The van der Waals surface area contributed by atoms with E-state index in [2.05, 4.69) is 58.7 Å². The number of aryl methyl sites for hydroxylation is 2. The zero-order chi connectivity index (χ0) is 19.3. The molecule has 0 fully saturated rings. The molecule has 1 aliphatic carbocycles. The van der Waals surface area contributed by atoms with Crippen LogP contribution in [0.1, 0.15) is 34.4 Å². The SMILES string of the molecule is Cc1ccc(C)c(C=C2CCc3c2oc2ccc(-c4nnn[nH]4)cc2c3=O)c1. The van der Waals surface area contributed by atoms with Gasteiger partial charge in [0.1, 0.15) is 11.3 Å². The number of nitrogens with one attached hydrogen (secondary N) is 1. The van der Waals surface area contributed by atoms with Crippen molar-refractivity contribution in [3.63, 3.8) is 0 Å². The van der Waals surface area contributed by atoms with Crippen molar-refractivity contribution >= 4 is 22.6 Å². The highest BCUT2D eigenvalue weighted by molar-refractivity contribution is 5.88. The minimum atomic E-state index is 0.0231. The summed E-state index contributed by atoms with van der Waals surface area (Å²) < 4.78 is 6.18. The molecule has 0 aliphatic heterocycles. The second kappa shape index (κ2) is 6.27. The zero-order valence-corrected chi connectivity index (χ0v) is 15.6. The fraction of sp³-hybridized carbons (Fsp3) is 0.182. The first-order valence-corrected chi connectivity index (χ1v) is 9.22. The van der Waals surface area contributed by atoms with E-state index in [1.165, 1.54) is 16.7 Å². The molecular formula is C22H18N4O2. The fourth-order valence-corrected chi connectivity index (χ4v) is 3.76. The van der Waals surface area contributed by atoms with Gasteiger partial charge in [-0.1, -0.05) is 23.8 Å². The number of allylic oxidation sites excluding steroid dienone is 1. The topological polar surface area (TPSA) is 84.7 Å². The van der Waals surface area contributed by atoms with E-state index in [9.17, 15) is 4.79 Å². The van der Waals surface area contributed by atoms with Crippen LogP contribution in [0.4, 0.5) is 0 Å². The number of rotatable bonds is 2. The van der Waals surface area contributed by atoms with Gasteiger partial charge in [-0.15, -0.1) is 5.10 Å². The van der Waals surface area contributed by atoms with Crippen LogP contribution < -0.4 is 5.43 Å². The van der Waals surface area contributed by atoms with Crippen molar-refractivity contribution in [2.75, 3.05) is 0 Å². The molecule has 2 heterocycles. The number of aromatic amines is 1. The number of benzene rings is 2. The number of fused-ring (bicyclic) bond motifs is 2. The number of aromatic nitrogens is 4. The second-order valence-electron chi connectivity index (χ2n) is 7.23. The minimum absolute atomic E-state index is 0.0231. The maximum absolute atomic E-state index is 13.1. The van der Waals surface area contributed by atoms with E-state index in [4.69, 9.17) is 4.42 Å². The van der Waals surface area contributed by atoms with Crippen molar-refractivity contribution in [3.05, 3.63) is 74.6 Å². The lowest BCUT2D eigenvalue weighted by Crippen LogP contribution is -2.08. The molecule has 2 aromatic carbocycles. The van der Waals surface area contributed by atoms with Crippen molar-refractivity contribution in [1.82, 2.24) is 20.6 Å². The Morgan fingerprint density at radius 3 is 2.82 bits per heavy atom. The first-order valence-electron chi connectivity index (χ1n) is 9.22. The molecule has 0 bridgehead atoms. The van der Waals surface area contributed by atoms with E-state index < -0.39 is 0 Å². The van der Waals surface area contributed by atoms with Gasteiger partial charge in [0, 0.05) is 11.1 Å². The lowest BCUT2D eigenvalue weighted by atomic mass is 10.0. The summed E-state index contributed by atoms with van der Waals surface area (Å²) in [4.78, 5) is 13.1. The van der Waals surface area contributed by atoms with Gasteiger partial charge >= 0.3 is 0 Å². The lowest BCUT2D eigenvalue weighted by molar-refractivity contribution is 0.585. The van der Waals surface area contributed by atoms with Crippen LogP contribution in [0.5, 0.6) is 0 Å². The molecule has 6 heteroatoms. The molecule has 0 unspecified atom stereocenters. The molecule has 2 aromatic heterocycles. The maximum Gasteiger partial charge on any atom is 0.196 e.